The van der Waals surface area contributed by atoms with E-state index >= 15 is 0 Å². The maximum atomic E-state index is 12.0. The first-order chi connectivity index (χ1) is 9.10. The predicted molar refractivity (Wildman–Crippen MR) is 67.4 cm³/mol. The van der Waals surface area contributed by atoms with Crippen molar-refractivity contribution >= 4 is 17.6 Å². The lowest BCUT2D eigenvalue weighted by Gasteiger charge is -2.17. The minimum atomic E-state index is -0.304. The number of carbonyl (C=O) groups excluding carboxylic acids is 2. The number of carbonyl (C=O) groups is 2. The highest BCUT2D eigenvalue weighted by atomic mass is 16.5. The van der Waals surface area contributed by atoms with Crippen LogP contribution in [0.5, 0.6) is 0 Å². The normalized spacial score (nSPS) is 15.2. The monoisotopic (exact) mass is 267 g/mol. The van der Waals surface area contributed by atoms with Gasteiger partial charge in [-0.2, -0.15) is 5.10 Å². The lowest BCUT2D eigenvalue weighted by molar-refractivity contribution is -0.127. The minimum Gasteiger partial charge on any atom is -0.383 e. The molecule has 8 nitrogen and oxygen atoms in total. The van der Waals surface area contributed by atoms with Crippen molar-refractivity contribution in [3.63, 3.8) is 0 Å². The summed E-state index contributed by atoms with van der Waals surface area (Å²) in [4.78, 5) is 26.7. The Balaban J connectivity index is 1.89. The molecule has 0 unspecified atom stereocenters. The van der Waals surface area contributed by atoms with Crippen LogP contribution in [0.4, 0.5) is 10.5 Å². The van der Waals surface area contributed by atoms with E-state index < -0.39 is 0 Å². The number of methoxy groups -OCH3 is 1. The summed E-state index contributed by atoms with van der Waals surface area (Å²) in [5.41, 5.74) is 0.607. The van der Waals surface area contributed by atoms with Crippen LogP contribution in [-0.2, 0) is 16.6 Å². The molecule has 1 fully saturated rings. The van der Waals surface area contributed by atoms with E-state index in [1.54, 1.807) is 36.1 Å². The van der Waals surface area contributed by atoms with Crippen LogP contribution in [0.25, 0.3) is 0 Å². The second-order valence-corrected chi connectivity index (χ2v) is 4.32. The van der Waals surface area contributed by atoms with E-state index in [4.69, 9.17) is 4.74 Å². The highest BCUT2D eigenvalue weighted by Gasteiger charge is 2.30. The van der Waals surface area contributed by atoms with Gasteiger partial charge in [0, 0.05) is 26.9 Å². The molecule has 0 aromatic carbocycles. The zero-order chi connectivity index (χ0) is 13.8. The van der Waals surface area contributed by atoms with Crippen molar-refractivity contribution in [2.24, 2.45) is 7.05 Å². The summed E-state index contributed by atoms with van der Waals surface area (Å²) in [6.07, 6.45) is 3.25. The Bertz CT molecular complexity index is 473. The topological polar surface area (TPSA) is 79.7 Å². The van der Waals surface area contributed by atoms with Gasteiger partial charge in [-0.15, -0.1) is 0 Å². The van der Waals surface area contributed by atoms with E-state index in [-0.39, 0.29) is 25.2 Å². The second kappa shape index (κ2) is 5.70. The van der Waals surface area contributed by atoms with Crippen LogP contribution in [-0.4, -0.2) is 65.0 Å². The van der Waals surface area contributed by atoms with Gasteiger partial charge >= 0.3 is 6.03 Å². The number of aromatic nitrogens is 2. The molecule has 1 aromatic heterocycles. The summed E-state index contributed by atoms with van der Waals surface area (Å²) >= 11 is 0. The molecule has 0 atom stereocenters. The van der Waals surface area contributed by atoms with Gasteiger partial charge in [0.1, 0.15) is 6.54 Å². The number of hydrogen-bond acceptors (Lipinski definition) is 4. The van der Waals surface area contributed by atoms with Crippen molar-refractivity contribution in [3.8, 4) is 0 Å². The number of anilines is 1. The first-order valence-electron chi connectivity index (χ1n) is 5.91. The minimum absolute atomic E-state index is 0.0709. The van der Waals surface area contributed by atoms with E-state index in [0.29, 0.717) is 18.8 Å². The summed E-state index contributed by atoms with van der Waals surface area (Å²) < 4.78 is 6.52. The molecule has 104 valence electrons. The third-order valence-electron chi connectivity index (χ3n) is 2.83. The van der Waals surface area contributed by atoms with Crippen LogP contribution in [0.3, 0.4) is 0 Å². The number of urea groups is 1. The number of rotatable bonds is 4. The molecule has 2 rings (SSSR count). The summed E-state index contributed by atoms with van der Waals surface area (Å²) in [5.74, 6) is -0.0709. The van der Waals surface area contributed by atoms with Crippen LogP contribution in [0.15, 0.2) is 12.4 Å². The molecule has 2 heterocycles. The molecule has 1 aliphatic rings. The van der Waals surface area contributed by atoms with Crippen LogP contribution in [0, 0.1) is 0 Å². The number of aryl methyl sites for hydroxylation is 1. The molecule has 8 heteroatoms. The third kappa shape index (κ3) is 3.22. The van der Waals surface area contributed by atoms with Crippen molar-refractivity contribution in [2.75, 3.05) is 38.8 Å². The molecule has 0 aliphatic carbocycles. The number of nitrogens with one attached hydrogen (secondary N) is 1. The molecule has 0 bridgehead atoms. The Morgan fingerprint density at radius 2 is 2.37 bits per heavy atom. The second-order valence-electron chi connectivity index (χ2n) is 4.32. The van der Waals surface area contributed by atoms with Gasteiger partial charge in [0.15, 0.2) is 0 Å². The van der Waals surface area contributed by atoms with Crippen molar-refractivity contribution in [3.05, 3.63) is 12.4 Å². The number of amides is 3. The van der Waals surface area contributed by atoms with Gasteiger partial charge < -0.3 is 15.0 Å². The maximum absolute atomic E-state index is 12.0. The molecule has 1 aromatic rings. The average Bonchev–Trinajstić information content (AvgIpc) is 2.93. The molecule has 1 N–H and O–H groups in total. The maximum Gasteiger partial charge on any atom is 0.323 e. The van der Waals surface area contributed by atoms with Crippen molar-refractivity contribution in [2.45, 2.75) is 0 Å². The number of ether oxygens (including phenoxy) is 1. The standard InChI is InChI=1S/C11H17N5O3/c1-14-6-9(5-12-14)13-11(18)16-7-10(17)15(8-16)3-4-19-2/h5-6H,3-4,7-8H2,1-2H3,(H,13,18). The first kappa shape index (κ1) is 13.3. The van der Waals surface area contributed by atoms with Gasteiger partial charge in [0.05, 0.1) is 25.2 Å². The molecular formula is C11H17N5O3. The first-order valence-corrected chi connectivity index (χ1v) is 5.91. The Kier molecular flexibility index (Phi) is 4.00. The SMILES string of the molecule is COCCN1CN(C(=O)Nc2cnn(C)c2)CC1=O. The van der Waals surface area contributed by atoms with E-state index in [1.807, 2.05) is 0 Å². The molecule has 3 amide bonds. The molecule has 0 radical (unpaired) electrons. The molecular weight excluding hydrogens is 250 g/mol. The van der Waals surface area contributed by atoms with Gasteiger partial charge in [0.25, 0.3) is 0 Å². The van der Waals surface area contributed by atoms with Crippen LogP contribution >= 0.6 is 0 Å². The summed E-state index contributed by atoms with van der Waals surface area (Å²) in [5, 5.41) is 6.65. The van der Waals surface area contributed by atoms with E-state index in [9.17, 15) is 9.59 Å². The van der Waals surface area contributed by atoms with E-state index in [1.165, 1.54) is 4.90 Å². The van der Waals surface area contributed by atoms with Gasteiger partial charge in [-0.1, -0.05) is 0 Å². The van der Waals surface area contributed by atoms with Gasteiger partial charge in [-0.3, -0.25) is 14.4 Å². The Hall–Kier alpha value is -2.09. The molecule has 0 saturated carbocycles. The van der Waals surface area contributed by atoms with Gasteiger partial charge in [0.2, 0.25) is 5.91 Å². The largest absolute Gasteiger partial charge is 0.383 e. The van der Waals surface area contributed by atoms with Gasteiger partial charge in [-0.25, -0.2) is 4.79 Å². The average molecular weight is 267 g/mol. The highest BCUT2D eigenvalue weighted by molar-refractivity contribution is 5.93. The summed E-state index contributed by atoms with van der Waals surface area (Å²) in [6, 6.07) is -0.304. The van der Waals surface area contributed by atoms with Crippen molar-refractivity contribution < 1.29 is 14.3 Å². The Morgan fingerprint density at radius 3 is 3.00 bits per heavy atom. The van der Waals surface area contributed by atoms with Crippen LogP contribution in [0.2, 0.25) is 0 Å². The molecule has 1 aliphatic heterocycles. The fourth-order valence-corrected chi connectivity index (χ4v) is 1.82. The highest BCUT2D eigenvalue weighted by Crippen LogP contribution is 2.10. The zero-order valence-electron chi connectivity index (χ0n) is 11.0. The summed E-state index contributed by atoms with van der Waals surface area (Å²) in [7, 11) is 3.34. The fraction of sp³-hybridized carbons (Fsp3) is 0.545. The lowest BCUT2D eigenvalue weighted by Crippen LogP contribution is -2.35. The van der Waals surface area contributed by atoms with Crippen molar-refractivity contribution in [1.82, 2.24) is 19.6 Å². The third-order valence-corrected chi connectivity index (χ3v) is 2.83. The Morgan fingerprint density at radius 1 is 1.58 bits per heavy atom. The fourth-order valence-electron chi connectivity index (χ4n) is 1.82. The molecule has 1 saturated heterocycles. The lowest BCUT2D eigenvalue weighted by atomic mass is 10.5. The molecule has 0 spiro atoms. The van der Waals surface area contributed by atoms with E-state index in [2.05, 4.69) is 10.4 Å². The van der Waals surface area contributed by atoms with Crippen LogP contribution in [0.1, 0.15) is 0 Å². The molecule has 19 heavy (non-hydrogen) atoms. The van der Waals surface area contributed by atoms with Gasteiger partial charge in [-0.05, 0) is 0 Å². The zero-order valence-corrected chi connectivity index (χ0v) is 11.0. The summed E-state index contributed by atoms with van der Waals surface area (Å²) in [6.45, 7) is 1.33. The quantitative estimate of drug-likeness (QED) is 0.812. The number of nitrogens with zero attached hydrogens (tertiary/aromatic N) is 4. The van der Waals surface area contributed by atoms with Crippen molar-refractivity contribution in [1.29, 1.82) is 0 Å². The predicted octanol–water partition coefficient (Wildman–Crippen LogP) is -0.300. The van der Waals surface area contributed by atoms with E-state index in [0.717, 1.165) is 0 Å². The Labute approximate surface area is 110 Å². The van der Waals surface area contributed by atoms with Crippen LogP contribution < -0.4 is 5.32 Å². The number of hydrogen-bond donors (Lipinski definition) is 1. The smallest absolute Gasteiger partial charge is 0.323 e.